The van der Waals surface area contributed by atoms with E-state index in [9.17, 15) is 9.59 Å². The summed E-state index contributed by atoms with van der Waals surface area (Å²) in [6.45, 7) is 4.68. The molecule has 5 nitrogen and oxygen atoms in total. The van der Waals surface area contributed by atoms with Crippen LogP contribution in [-0.2, 0) is 14.3 Å². The van der Waals surface area contributed by atoms with Crippen molar-refractivity contribution in [1.82, 2.24) is 5.32 Å². The zero-order chi connectivity index (χ0) is 13.7. The Morgan fingerprint density at radius 2 is 1.71 bits per heavy atom. The van der Waals surface area contributed by atoms with E-state index < -0.39 is 28.7 Å². The molecule has 100 valence electrons. The molecule has 0 bridgehead atoms. The molecule has 8 heteroatoms. The summed E-state index contributed by atoms with van der Waals surface area (Å²) in [5.74, 6) is -1.10. The number of rotatable bonds is 4. The molecule has 0 heterocycles. The molecule has 0 aliphatic heterocycles. The molecule has 0 aliphatic rings. The molecular weight excluding hydrogens is 292 g/mol. The minimum atomic E-state index is -1.80. The maximum absolute atomic E-state index is 11.2. The monoisotopic (exact) mass is 305 g/mol. The predicted molar refractivity (Wildman–Crippen MR) is 65.5 cm³/mol. The minimum Gasteiger partial charge on any atom is -0.444 e. The zero-order valence-electron chi connectivity index (χ0n) is 9.68. The first kappa shape index (κ1) is 16.6. The lowest BCUT2D eigenvalue weighted by molar-refractivity contribution is -0.145. The van der Waals surface area contributed by atoms with Gasteiger partial charge in [-0.25, -0.2) is 4.79 Å². The second kappa shape index (κ2) is 6.52. The van der Waals surface area contributed by atoms with Crippen LogP contribution in [0.3, 0.4) is 0 Å². The van der Waals surface area contributed by atoms with Gasteiger partial charge in [-0.1, -0.05) is 23.2 Å². The van der Waals surface area contributed by atoms with Crippen LogP contribution in [0.5, 0.6) is 0 Å². The Morgan fingerprint density at radius 3 is 2.12 bits per heavy atom. The molecule has 0 saturated heterocycles. The lowest BCUT2D eigenvalue weighted by Gasteiger charge is -2.20. The quantitative estimate of drug-likeness (QED) is 0.640. The number of ether oxygens (including phenoxy) is 2. The highest BCUT2D eigenvalue weighted by Gasteiger charge is 2.28. The van der Waals surface area contributed by atoms with Crippen LogP contribution in [0.25, 0.3) is 0 Å². The van der Waals surface area contributed by atoms with Crippen molar-refractivity contribution in [1.29, 1.82) is 0 Å². The summed E-state index contributed by atoms with van der Waals surface area (Å²) in [6, 6.07) is 0. The van der Waals surface area contributed by atoms with Crippen molar-refractivity contribution < 1.29 is 19.1 Å². The van der Waals surface area contributed by atoms with Gasteiger partial charge in [0.2, 0.25) is 0 Å². The van der Waals surface area contributed by atoms with Crippen LogP contribution in [0.4, 0.5) is 4.79 Å². The first-order valence-corrected chi connectivity index (χ1v) is 5.97. The summed E-state index contributed by atoms with van der Waals surface area (Å²) in [5.41, 5.74) is -0.646. The van der Waals surface area contributed by atoms with Gasteiger partial charge in [0, 0.05) is 0 Å². The van der Waals surface area contributed by atoms with Crippen LogP contribution in [0.1, 0.15) is 20.8 Å². The first-order chi connectivity index (χ1) is 7.56. The molecule has 0 aliphatic carbocycles. The van der Waals surface area contributed by atoms with Gasteiger partial charge in [0.05, 0.1) is 5.88 Å². The molecule has 0 fully saturated rings. The smallest absolute Gasteiger partial charge is 0.408 e. The Labute approximate surface area is 115 Å². The van der Waals surface area contributed by atoms with E-state index in [4.69, 9.17) is 39.5 Å². The lowest BCUT2D eigenvalue weighted by atomic mass is 10.2. The SMILES string of the molecule is CC(C)(C)OC(=O)NCC(=O)OC(Cl)(Cl)CCl. The highest BCUT2D eigenvalue weighted by Crippen LogP contribution is 2.23. The van der Waals surface area contributed by atoms with Crippen molar-refractivity contribution >= 4 is 46.9 Å². The van der Waals surface area contributed by atoms with Crippen LogP contribution >= 0.6 is 34.8 Å². The van der Waals surface area contributed by atoms with Crippen molar-refractivity contribution in [2.45, 2.75) is 30.9 Å². The summed E-state index contributed by atoms with van der Waals surface area (Å²) < 4.78 is 7.65. The van der Waals surface area contributed by atoms with Crippen LogP contribution < -0.4 is 5.32 Å². The van der Waals surface area contributed by atoms with Gasteiger partial charge in [-0.15, -0.1) is 11.6 Å². The largest absolute Gasteiger partial charge is 0.444 e. The fourth-order valence-electron chi connectivity index (χ4n) is 0.688. The van der Waals surface area contributed by atoms with Crippen molar-refractivity contribution in [3.63, 3.8) is 0 Å². The number of esters is 1. The molecular formula is C9H14Cl3NO4. The summed E-state index contributed by atoms with van der Waals surface area (Å²) >= 11 is 16.3. The number of halogens is 3. The molecule has 1 N–H and O–H groups in total. The minimum absolute atomic E-state index is 0.283. The van der Waals surface area contributed by atoms with E-state index in [2.05, 4.69) is 10.1 Å². The topological polar surface area (TPSA) is 64.6 Å². The number of alkyl halides is 3. The molecule has 0 aromatic rings. The standard InChI is InChI=1S/C9H14Cl3NO4/c1-8(2,3)17-7(15)13-4-6(14)16-9(11,12)5-10/h4-5H2,1-3H3,(H,13,15). The summed E-state index contributed by atoms with van der Waals surface area (Å²) in [4.78, 5) is 22.3. The van der Waals surface area contributed by atoms with E-state index in [0.717, 1.165) is 0 Å². The van der Waals surface area contributed by atoms with E-state index in [1.807, 2.05) is 0 Å². The first-order valence-electron chi connectivity index (χ1n) is 4.68. The van der Waals surface area contributed by atoms with Gasteiger partial charge in [-0.3, -0.25) is 4.79 Å². The fraction of sp³-hybridized carbons (Fsp3) is 0.778. The number of carbonyl (C=O) groups excluding carboxylic acids is 2. The predicted octanol–water partition coefficient (Wildman–Crippen LogP) is 2.42. The Bertz CT molecular complexity index is 288. The van der Waals surface area contributed by atoms with E-state index in [1.165, 1.54) is 0 Å². The molecule has 17 heavy (non-hydrogen) atoms. The van der Waals surface area contributed by atoms with E-state index in [-0.39, 0.29) is 5.88 Å². The van der Waals surface area contributed by atoms with Crippen molar-refractivity contribution in [3.8, 4) is 0 Å². The molecule has 0 aromatic heterocycles. The van der Waals surface area contributed by atoms with E-state index in [1.54, 1.807) is 20.8 Å². The Morgan fingerprint density at radius 1 is 1.18 bits per heavy atom. The number of alkyl carbamates (subject to hydrolysis) is 1. The third-order valence-corrected chi connectivity index (χ3v) is 2.27. The van der Waals surface area contributed by atoms with Gasteiger partial charge in [-0.05, 0) is 20.8 Å². The van der Waals surface area contributed by atoms with Crippen molar-refractivity contribution in [2.75, 3.05) is 12.4 Å². The van der Waals surface area contributed by atoms with Gasteiger partial charge in [0.1, 0.15) is 12.1 Å². The van der Waals surface area contributed by atoms with Gasteiger partial charge < -0.3 is 14.8 Å². The second-order valence-corrected chi connectivity index (χ2v) is 5.78. The molecule has 0 saturated carbocycles. The van der Waals surface area contributed by atoms with E-state index >= 15 is 0 Å². The Hall–Kier alpha value is -0.390. The molecule has 0 radical (unpaired) electrons. The summed E-state index contributed by atoms with van der Waals surface area (Å²) in [7, 11) is 0. The third-order valence-electron chi connectivity index (χ3n) is 1.19. The Balaban J connectivity index is 3.97. The van der Waals surface area contributed by atoms with Crippen LogP contribution in [-0.4, -0.2) is 34.6 Å². The fourth-order valence-corrected chi connectivity index (χ4v) is 0.915. The van der Waals surface area contributed by atoms with Crippen molar-refractivity contribution in [2.24, 2.45) is 0 Å². The zero-order valence-corrected chi connectivity index (χ0v) is 11.9. The van der Waals surface area contributed by atoms with Crippen LogP contribution in [0.2, 0.25) is 0 Å². The number of hydrogen-bond donors (Lipinski definition) is 1. The normalized spacial score (nSPS) is 11.9. The lowest BCUT2D eigenvalue weighted by Crippen LogP contribution is -2.37. The van der Waals surface area contributed by atoms with Gasteiger partial charge in [0.15, 0.2) is 0 Å². The number of amides is 1. The Kier molecular flexibility index (Phi) is 6.37. The maximum atomic E-state index is 11.2. The number of nitrogens with one attached hydrogen (secondary N) is 1. The average molecular weight is 307 g/mol. The maximum Gasteiger partial charge on any atom is 0.408 e. The van der Waals surface area contributed by atoms with Crippen molar-refractivity contribution in [3.05, 3.63) is 0 Å². The molecule has 0 spiro atoms. The molecule has 0 unspecified atom stereocenters. The second-order valence-electron chi connectivity index (χ2n) is 4.10. The van der Waals surface area contributed by atoms with Gasteiger partial charge in [0.25, 0.3) is 4.52 Å². The molecule has 0 atom stereocenters. The highest BCUT2D eigenvalue weighted by molar-refractivity contribution is 6.50. The summed E-state index contributed by atoms with van der Waals surface area (Å²) in [5, 5.41) is 2.19. The molecule has 0 rings (SSSR count). The van der Waals surface area contributed by atoms with Crippen LogP contribution in [0.15, 0.2) is 0 Å². The van der Waals surface area contributed by atoms with Gasteiger partial charge >= 0.3 is 12.1 Å². The van der Waals surface area contributed by atoms with Crippen LogP contribution in [0, 0.1) is 0 Å². The molecule has 0 aromatic carbocycles. The third kappa shape index (κ3) is 9.32. The number of hydrogen-bond acceptors (Lipinski definition) is 4. The van der Waals surface area contributed by atoms with Gasteiger partial charge in [-0.2, -0.15) is 0 Å². The van der Waals surface area contributed by atoms with E-state index in [0.29, 0.717) is 0 Å². The summed E-state index contributed by atoms with van der Waals surface area (Å²) in [6.07, 6.45) is -0.741. The number of carbonyl (C=O) groups is 2. The highest BCUT2D eigenvalue weighted by atomic mass is 35.5. The molecule has 1 amide bonds. The average Bonchev–Trinajstić information content (AvgIpc) is 2.11.